The van der Waals surface area contributed by atoms with Crippen molar-refractivity contribution in [2.45, 2.75) is 6.18 Å². The van der Waals surface area contributed by atoms with Gasteiger partial charge in [0.25, 0.3) is 0 Å². The lowest BCUT2D eigenvalue weighted by atomic mass is 10.2. The van der Waals surface area contributed by atoms with Crippen molar-refractivity contribution in [3.63, 3.8) is 0 Å². The number of hydrogen-bond donors (Lipinski definition) is 0. The Hall–Kier alpha value is -2.21. The van der Waals surface area contributed by atoms with Gasteiger partial charge in [-0.15, -0.1) is 0 Å². The van der Waals surface area contributed by atoms with Crippen LogP contribution in [0.3, 0.4) is 0 Å². The van der Waals surface area contributed by atoms with Crippen LogP contribution in [0.4, 0.5) is 13.2 Å². The number of halogens is 4. The molecule has 0 atom stereocenters. The fraction of sp³-hybridized carbons (Fsp3) is 0.133. The summed E-state index contributed by atoms with van der Waals surface area (Å²) in [5.74, 6) is 0.583. The van der Waals surface area contributed by atoms with Crippen LogP contribution in [-0.4, -0.2) is 16.7 Å². The summed E-state index contributed by atoms with van der Waals surface area (Å²) in [6, 6.07) is 5.05. The number of alkyl halides is 3. The Bertz CT molecular complexity index is 842. The van der Waals surface area contributed by atoms with Gasteiger partial charge in [-0.2, -0.15) is 13.2 Å². The van der Waals surface area contributed by atoms with Gasteiger partial charge in [0, 0.05) is 11.6 Å². The summed E-state index contributed by atoms with van der Waals surface area (Å²) in [5, 5.41) is 0.809. The Labute approximate surface area is 128 Å². The number of nitrogens with zero attached hydrogens (tertiary/aromatic N) is 2. The molecule has 3 rings (SSSR count). The minimum Gasteiger partial charge on any atom is -0.494 e. The molecule has 0 aliphatic rings. The summed E-state index contributed by atoms with van der Waals surface area (Å²) >= 11 is 6.03. The van der Waals surface area contributed by atoms with E-state index in [1.54, 1.807) is 29.2 Å². The number of ether oxygens (including phenoxy) is 1. The predicted molar refractivity (Wildman–Crippen MR) is 77.6 cm³/mol. The molecule has 0 unspecified atom stereocenters. The van der Waals surface area contributed by atoms with Crippen LogP contribution >= 0.6 is 11.6 Å². The number of methoxy groups -OCH3 is 1. The van der Waals surface area contributed by atoms with Crippen molar-refractivity contribution < 1.29 is 17.9 Å². The Morgan fingerprint density at radius 1 is 1.18 bits per heavy atom. The molecule has 114 valence electrons. The molecule has 22 heavy (non-hydrogen) atoms. The van der Waals surface area contributed by atoms with Crippen LogP contribution in [0.15, 0.2) is 42.9 Å². The molecule has 0 aliphatic heterocycles. The first-order valence-electron chi connectivity index (χ1n) is 6.28. The van der Waals surface area contributed by atoms with Gasteiger partial charge in [-0.3, -0.25) is 4.98 Å². The lowest BCUT2D eigenvalue weighted by molar-refractivity contribution is -0.137. The van der Waals surface area contributed by atoms with Gasteiger partial charge in [0.1, 0.15) is 5.75 Å². The fourth-order valence-electron chi connectivity index (χ4n) is 2.28. The molecule has 0 saturated heterocycles. The Kier molecular flexibility index (Phi) is 3.48. The van der Waals surface area contributed by atoms with Crippen molar-refractivity contribution in [3.05, 3.63) is 53.4 Å². The zero-order chi connectivity index (χ0) is 15.9. The molecule has 0 N–H and O–H groups in total. The van der Waals surface area contributed by atoms with Crippen LogP contribution in [0.2, 0.25) is 5.02 Å². The SMILES string of the molecule is COc1cncc2c1ccn2-c1ccc(C(F)(F)F)cc1Cl. The first kappa shape index (κ1) is 14.7. The largest absolute Gasteiger partial charge is 0.494 e. The van der Waals surface area contributed by atoms with Gasteiger partial charge in [-0.05, 0) is 24.3 Å². The second-order valence-corrected chi connectivity index (χ2v) is 5.03. The highest BCUT2D eigenvalue weighted by molar-refractivity contribution is 6.32. The van der Waals surface area contributed by atoms with Crippen molar-refractivity contribution in [2.24, 2.45) is 0 Å². The van der Waals surface area contributed by atoms with Crippen LogP contribution in [-0.2, 0) is 6.18 Å². The molecule has 0 saturated carbocycles. The summed E-state index contributed by atoms with van der Waals surface area (Å²) in [6.07, 6.45) is 0.460. The molecule has 0 aliphatic carbocycles. The third-order valence-corrected chi connectivity index (χ3v) is 3.64. The standard InChI is InChI=1S/C15H10ClF3N2O/c1-22-14-8-20-7-13-10(14)4-5-21(13)12-3-2-9(6-11(12)16)15(17,18)19/h2-8H,1H3. The number of benzene rings is 1. The summed E-state index contributed by atoms with van der Waals surface area (Å²) in [7, 11) is 1.53. The average molecular weight is 327 g/mol. The number of fused-ring (bicyclic) bond motifs is 1. The van der Waals surface area contributed by atoms with Crippen LogP contribution in [0, 0.1) is 0 Å². The third kappa shape index (κ3) is 2.39. The molecule has 0 bridgehead atoms. The Morgan fingerprint density at radius 3 is 2.59 bits per heavy atom. The molecule has 0 radical (unpaired) electrons. The van der Waals surface area contributed by atoms with Gasteiger partial charge in [-0.1, -0.05) is 11.6 Å². The average Bonchev–Trinajstić information content (AvgIpc) is 2.90. The molecule has 0 amide bonds. The molecular weight excluding hydrogens is 317 g/mol. The normalized spacial score (nSPS) is 11.9. The van der Waals surface area contributed by atoms with E-state index >= 15 is 0 Å². The zero-order valence-electron chi connectivity index (χ0n) is 11.4. The Balaban J connectivity index is 2.16. The van der Waals surface area contributed by atoms with Gasteiger partial charge < -0.3 is 9.30 Å². The van der Waals surface area contributed by atoms with Gasteiger partial charge >= 0.3 is 6.18 Å². The minimum atomic E-state index is -4.42. The molecule has 2 aromatic heterocycles. The van der Waals surface area contributed by atoms with E-state index in [1.165, 1.54) is 13.2 Å². The van der Waals surface area contributed by atoms with Gasteiger partial charge in [0.2, 0.25) is 0 Å². The number of aromatic nitrogens is 2. The van der Waals surface area contributed by atoms with E-state index in [-0.39, 0.29) is 5.02 Å². The van der Waals surface area contributed by atoms with Crippen LogP contribution in [0.25, 0.3) is 16.6 Å². The third-order valence-electron chi connectivity index (χ3n) is 3.33. The van der Waals surface area contributed by atoms with E-state index in [0.717, 1.165) is 17.5 Å². The summed E-state index contributed by atoms with van der Waals surface area (Å²) < 4.78 is 45.0. The first-order valence-corrected chi connectivity index (χ1v) is 6.66. The van der Waals surface area contributed by atoms with Crippen LogP contribution in [0.1, 0.15) is 5.56 Å². The summed E-state index contributed by atoms with van der Waals surface area (Å²) in [5.41, 5.74) is 0.356. The molecule has 7 heteroatoms. The molecule has 0 spiro atoms. The molecule has 2 heterocycles. The zero-order valence-corrected chi connectivity index (χ0v) is 12.1. The quantitative estimate of drug-likeness (QED) is 0.682. The van der Waals surface area contributed by atoms with E-state index in [9.17, 15) is 13.2 Å². The monoisotopic (exact) mass is 326 g/mol. The number of pyridine rings is 1. The van der Waals surface area contributed by atoms with Crippen LogP contribution < -0.4 is 4.74 Å². The molecule has 3 aromatic rings. The van der Waals surface area contributed by atoms with Crippen molar-refractivity contribution >= 4 is 22.5 Å². The number of rotatable bonds is 2. The second kappa shape index (κ2) is 5.21. The highest BCUT2D eigenvalue weighted by Gasteiger charge is 2.31. The second-order valence-electron chi connectivity index (χ2n) is 4.62. The number of hydrogen-bond acceptors (Lipinski definition) is 2. The van der Waals surface area contributed by atoms with Gasteiger partial charge in [0.05, 0.1) is 41.3 Å². The van der Waals surface area contributed by atoms with E-state index in [0.29, 0.717) is 17.0 Å². The lowest BCUT2D eigenvalue weighted by Crippen LogP contribution is -2.05. The van der Waals surface area contributed by atoms with Crippen LogP contribution in [0.5, 0.6) is 5.75 Å². The highest BCUT2D eigenvalue weighted by atomic mass is 35.5. The summed E-state index contributed by atoms with van der Waals surface area (Å²) in [6.45, 7) is 0. The van der Waals surface area contributed by atoms with Gasteiger partial charge in [-0.25, -0.2) is 0 Å². The maximum atomic E-state index is 12.7. The van der Waals surface area contributed by atoms with Crippen molar-refractivity contribution in [1.82, 2.24) is 9.55 Å². The van der Waals surface area contributed by atoms with Gasteiger partial charge in [0.15, 0.2) is 0 Å². The Morgan fingerprint density at radius 2 is 1.95 bits per heavy atom. The van der Waals surface area contributed by atoms with Crippen molar-refractivity contribution in [2.75, 3.05) is 7.11 Å². The maximum Gasteiger partial charge on any atom is 0.416 e. The van der Waals surface area contributed by atoms with E-state index < -0.39 is 11.7 Å². The van der Waals surface area contributed by atoms with E-state index in [4.69, 9.17) is 16.3 Å². The maximum absolute atomic E-state index is 12.7. The van der Waals surface area contributed by atoms with Crippen molar-refractivity contribution in [1.29, 1.82) is 0 Å². The molecular formula is C15H10ClF3N2O. The van der Waals surface area contributed by atoms with Crippen molar-refractivity contribution in [3.8, 4) is 11.4 Å². The fourth-order valence-corrected chi connectivity index (χ4v) is 2.55. The first-order chi connectivity index (χ1) is 10.4. The molecule has 1 aromatic carbocycles. The van der Waals surface area contributed by atoms with E-state index in [2.05, 4.69) is 4.98 Å². The highest BCUT2D eigenvalue weighted by Crippen LogP contribution is 2.35. The smallest absolute Gasteiger partial charge is 0.416 e. The summed E-state index contributed by atoms with van der Waals surface area (Å²) in [4.78, 5) is 4.06. The topological polar surface area (TPSA) is 27.1 Å². The predicted octanol–water partition coefficient (Wildman–Crippen LogP) is 4.71. The minimum absolute atomic E-state index is 0.00939. The lowest BCUT2D eigenvalue weighted by Gasteiger charge is -2.12. The molecule has 3 nitrogen and oxygen atoms in total. The molecule has 0 fully saturated rings. The van der Waals surface area contributed by atoms with E-state index in [1.807, 2.05) is 0 Å².